The first kappa shape index (κ1) is 18.3. The molecule has 0 radical (unpaired) electrons. The zero-order valence-electron chi connectivity index (χ0n) is 16.2. The van der Waals surface area contributed by atoms with Gasteiger partial charge in [0.2, 0.25) is 5.91 Å². The van der Waals surface area contributed by atoms with Crippen molar-refractivity contribution in [2.75, 3.05) is 18.8 Å². The molecule has 1 atom stereocenters. The number of benzene rings is 1. The van der Waals surface area contributed by atoms with Crippen LogP contribution in [0.15, 0.2) is 29.4 Å². The van der Waals surface area contributed by atoms with E-state index in [0.717, 1.165) is 47.8 Å². The second-order valence-corrected chi connectivity index (χ2v) is 8.53. The molecule has 1 aliphatic rings. The molecule has 0 saturated carbocycles. The Morgan fingerprint density at radius 1 is 1.30 bits per heavy atom. The number of piperidine rings is 1. The largest absolute Gasteiger partial charge is 0.342 e. The summed E-state index contributed by atoms with van der Waals surface area (Å²) < 4.78 is 2.10. The number of carbonyl (C=O) groups is 1. The molecule has 1 unspecified atom stereocenters. The van der Waals surface area contributed by atoms with Crippen LogP contribution in [-0.4, -0.2) is 44.2 Å². The van der Waals surface area contributed by atoms with Crippen LogP contribution in [-0.2, 0) is 11.2 Å². The van der Waals surface area contributed by atoms with E-state index in [1.807, 2.05) is 4.90 Å². The standard InChI is InChI=1S/C21H26N4OS/c1-4-16-7-8-18-17(11-16)10-15(3)20-22-23-21(25(18)20)27-13-19(26)24-9-5-6-14(2)12-24/h7-8,10-11,14H,4-6,9,12-13H2,1-3H3. The molecule has 6 heteroatoms. The van der Waals surface area contributed by atoms with Crippen molar-refractivity contribution in [3.63, 3.8) is 0 Å². The van der Waals surface area contributed by atoms with Crippen LogP contribution in [0, 0.1) is 12.8 Å². The first-order valence-corrected chi connectivity index (χ1v) is 10.7. The van der Waals surface area contributed by atoms with Gasteiger partial charge in [-0.2, -0.15) is 0 Å². The normalized spacial score (nSPS) is 17.7. The highest BCUT2D eigenvalue weighted by molar-refractivity contribution is 7.99. The van der Waals surface area contributed by atoms with Crippen LogP contribution >= 0.6 is 11.8 Å². The molecule has 1 saturated heterocycles. The Morgan fingerprint density at radius 2 is 2.15 bits per heavy atom. The van der Waals surface area contributed by atoms with Gasteiger partial charge < -0.3 is 4.90 Å². The molecule has 0 spiro atoms. The van der Waals surface area contributed by atoms with Crippen molar-refractivity contribution in [2.24, 2.45) is 5.92 Å². The number of likely N-dealkylation sites (tertiary alicyclic amines) is 1. The van der Waals surface area contributed by atoms with Gasteiger partial charge >= 0.3 is 0 Å². The molecule has 1 aromatic carbocycles. The molecular formula is C21H26N4OS. The lowest BCUT2D eigenvalue weighted by atomic mass is 10.0. The molecule has 142 valence electrons. The second-order valence-electron chi connectivity index (χ2n) is 7.59. The fourth-order valence-electron chi connectivity index (χ4n) is 3.91. The maximum absolute atomic E-state index is 12.6. The third kappa shape index (κ3) is 3.55. The maximum atomic E-state index is 12.6. The number of pyridine rings is 1. The average Bonchev–Trinajstić information content (AvgIpc) is 3.10. The number of carbonyl (C=O) groups excluding carboxylic acids is 1. The molecule has 0 N–H and O–H groups in total. The van der Waals surface area contributed by atoms with Crippen molar-refractivity contribution in [1.82, 2.24) is 19.5 Å². The van der Waals surface area contributed by atoms with Crippen LogP contribution in [0.5, 0.6) is 0 Å². The molecule has 5 nitrogen and oxygen atoms in total. The lowest BCUT2D eigenvalue weighted by Crippen LogP contribution is -2.40. The molecule has 0 bridgehead atoms. The number of thioether (sulfide) groups is 1. The van der Waals surface area contributed by atoms with Crippen molar-refractivity contribution in [1.29, 1.82) is 0 Å². The number of aryl methyl sites for hydroxylation is 2. The first-order valence-electron chi connectivity index (χ1n) is 9.74. The van der Waals surface area contributed by atoms with E-state index < -0.39 is 0 Å². The van der Waals surface area contributed by atoms with Crippen molar-refractivity contribution < 1.29 is 4.79 Å². The Bertz CT molecular complexity index is 997. The highest BCUT2D eigenvalue weighted by Gasteiger charge is 2.22. The van der Waals surface area contributed by atoms with Gasteiger partial charge in [0, 0.05) is 13.1 Å². The molecule has 3 heterocycles. The molecule has 1 amide bonds. The summed E-state index contributed by atoms with van der Waals surface area (Å²) >= 11 is 1.49. The Labute approximate surface area is 164 Å². The lowest BCUT2D eigenvalue weighted by molar-refractivity contribution is -0.130. The number of hydrogen-bond donors (Lipinski definition) is 0. The lowest BCUT2D eigenvalue weighted by Gasteiger charge is -2.30. The van der Waals surface area contributed by atoms with Gasteiger partial charge in [0.05, 0.1) is 11.3 Å². The van der Waals surface area contributed by atoms with Crippen molar-refractivity contribution in [3.05, 3.63) is 35.4 Å². The van der Waals surface area contributed by atoms with Crippen LogP contribution < -0.4 is 0 Å². The zero-order valence-corrected chi connectivity index (χ0v) is 17.1. The molecule has 1 fully saturated rings. The van der Waals surface area contributed by atoms with E-state index >= 15 is 0 Å². The Kier molecular flexibility index (Phi) is 5.08. The van der Waals surface area contributed by atoms with E-state index in [2.05, 4.69) is 59.6 Å². The summed E-state index contributed by atoms with van der Waals surface area (Å²) in [7, 11) is 0. The predicted molar refractivity (Wildman–Crippen MR) is 110 cm³/mol. The highest BCUT2D eigenvalue weighted by atomic mass is 32.2. The smallest absolute Gasteiger partial charge is 0.233 e. The molecular weight excluding hydrogens is 356 g/mol. The predicted octanol–water partition coefficient (Wildman–Crippen LogP) is 4.10. The van der Waals surface area contributed by atoms with Crippen LogP contribution in [0.4, 0.5) is 0 Å². The Morgan fingerprint density at radius 3 is 2.93 bits per heavy atom. The van der Waals surface area contributed by atoms with Crippen LogP contribution in [0.2, 0.25) is 0 Å². The van der Waals surface area contributed by atoms with E-state index in [9.17, 15) is 4.79 Å². The van der Waals surface area contributed by atoms with Gasteiger partial charge in [-0.25, -0.2) is 0 Å². The van der Waals surface area contributed by atoms with E-state index in [1.165, 1.54) is 29.1 Å². The number of rotatable bonds is 4. The highest BCUT2D eigenvalue weighted by Crippen LogP contribution is 2.27. The maximum Gasteiger partial charge on any atom is 0.233 e. The monoisotopic (exact) mass is 382 g/mol. The van der Waals surface area contributed by atoms with Crippen LogP contribution in [0.25, 0.3) is 16.6 Å². The van der Waals surface area contributed by atoms with Gasteiger partial charge in [-0.15, -0.1) is 10.2 Å². The topological polar surface area (TPSA) is 50.5 Å². The third-order valence-electron chi connectivity index (χ3n) is 5.43. The summed E-state index contributed by atoms with van der Waals surface area (Å²) in [6.45, 7) is 8.21. The van der Waals surface area contributed by atoms with Gasteiger partial charge in [-0.3, -0.25) is 9.20 Å². The minimum absolute atomic E-state index is 0.202. The molecule has 4 rings (SSSR count). The van der Waals surface area contributed by atoms with E-state index in [4.69, 9.17) is 0 Å². The molecule has 3 aromatic rings. The SMILES string of the molecule is CCc1ccc2c(c1)cc(C)c1nnc(SCC(=O)N3CCCC(C)C3)n12. The van der Waals surface area contributed by atoms with E-state index in [1.54, 1.807) is 0 Å². The minimum atomic E-state index is 0.202. The number of nitrogens with zero attached hydrogens (tertiary/aromatic N) is 4. The minimum Gasteiger partial charge on any atom is -0.342 e. The van der Waals surface area contributed by atoms with Gasteiger partial charge in [-0.05, 0) is 66.8 Å². The summed E-state index contributed by atoms with van der Waals surface area (Å²) in [6.07, 6.45) is 3.34. The van der Waals surface area contributed by atoms with Crippen molar-refractivity contribution >= 4 is 34.2 Å². The summed E-state index contributed by atoms with van der Waals surface area (Å²) in [5.41, 5.74) is 4.39. The number of amides is 1. The number of fused-ring (bicyclic) bond motifs is 3. The van der Waals surface area contributed by atoms with Gasteiger partial charge in [0.25, 0.3) is 0 Å². The van der Waals surface area contributed by atoms with Crippen LogP contribution in [0.1, 0.15) is 37.8 Å². The van der Waals surface area contributed by atoms with Gasteiger partial charge in [-0.1, -0.05) is 31.7 Å². The molecule has 0 aliphatic carbocycles. The molecule has 2 aromatic heterocycles. The van der Waals surface area contributed by atoms with Gasteiger partial charge in [0.15, 0.2) is 10.8 Å². The summed E-state index contributed by atoms with van der Waals surface area (Å²) in [4.78, 5) is 14.6. The van der Waals surface area contributed by atoms with Gasteiger partial charge in [0.1, 0.15) is 0 Å². The summed E-state index contributed by atoms with van der Waals surface area (Å²) in [5, 5.41) is 10.8. The Hall–Kier alpha value is -2.08. The summed E-state index contributed by atoms with van der Waals surface area (Å²) in [5.74, 6) is 1.21. The Balaban J connectivity index is 1.63. The van der Waals surface area contributed by atoms with Crippen molar-refractivity contribution in [3.8, 4) is 0 Å². The first-order chi connectivity index (χ1) is 13.1. The van der Waals surface area contributed by atoms with E-state index in [0.29, 0.717) is 11.7 Å². The van der Waals surface area contributed by atoms with Crippen LogP contribution in [0.3, 0.4) is 0 Å². The second kappa shape index (κ2) is 7.50. The average molecular weight is 383 g/mol. The van der Waals surface area contributed by atoms with Crippen molar-refractivity contribution in [2.45, 2.75) is 45.2 Å². The summed E-state index contributed by atoms with van der Waals surface area (Å²) in [6, 6.07) is 8.71. The molecule has 27 heavy (non-hydrogen) atoms. The fraction of sp³-hybridized carbons (Fsp3) is 0.476. The quantitative estimate of drug-likeness (QED) is 0.638. The number of aromatic nitrogens is 3. The molecule has 1 aliphatic heterocycles. The van der Waals surface area contributed by atoms with E-state index in [-0.39, 0.29) is 5.91 Å². The fourth-order valence-corrected chi connectivity index (χ4v) is 4.76. The third-order valence-corrected chi connectivity index (χ3v) is 6.35. The zero-order chi connectivity index (χ0) is 19.0. The number of hydrogen-bond acceptors (Lipinski definition) is 4.